The second kappa shape index (κ2) is 8.59. The molecular weight excluding hydrogens is 377 g/mol. The molecule has 0 spiro atoms. The second-order valence-electron chi connectivity index (χ2n) is 6.71. The highest BCUT2D eigenvalue weighted by Crippen LogP contribution is 2.19. The number of rotatable bonds is 7. The highest BCUT2D eigenvalue weighted by atomic mass is 19.1. The lowest BCUT2D eigenvalue weighted by molar-refractivity contribution is -0.134. The highest BCUT2D eigenvalue weighted by molar-refractivity contribution is 5.87. The van der Waals surface area contributed by atoms with E-state index in [0.717, 1.165) is 11.1 Å². The molecular formula is C20H20FN5O3. The van der Waals surface area contributed by atoms with Crippen LogP contribution in [0.15, 0.2) is 48.5 Å². The Balaban J connectivity index is 1.80. The minimum Gasteiger partial charge on any atom is -0.478 e. The molecule has 8 nitrogen and oxygen atoms in total. The number of carbonyl (C=O) groups excluding carboxylic acids is 1. The van der Waals surface area contributed by atoms with Gasteiger partial charge in [-0.1, -0.05) is 24.3 Å². The summed E-state index contributed by atoms with van der Waals surface area (Å²) in [5, 5.41) is 20.4. The van der Waals surface area contributed by atoms with Gasteiger partial charge in [-0.05, 0) is 52.7 Å². The average Bonchev–Trinajstić information content (AvgIpc) is 3.13. The summed E-state index contributed by atoms with van der Waals surface area (Å²) in [6.45, 7) is 2.00. The first-order valence-electron chi connectivity index (χ1n) is 8.91. The lowest BCUT2D eigenvalue weighted by atomic mass is 10.0. The summed E-state index contributed by atoms with van der Waals surface area (Å²) in [6.07, 6.45) is 0.299. The minimum absolute atomic E-state index is 0.182. The van der Waals surface area contributed by atoms with Gasteiger partial charge in [0.25, 0.3) is 0 Å². The van der Waals surface area contributed by atoms with E-state index >= 15 is 0 Å². The van der Waals surface area contributed by atoms with E-state index in [2.05, 4.69) is 15.5 Å². The molecule has 2 aromatic carbocycles. The zero-order chi connectivity index (χ0) is 21.0. The van der Waals surface area contributed by atoms with E-state index in [0.29, 0.717) is 18.8 Å². The topological polar surface area (TPSA) is 101 Å². The summed E-state index contributed by atoms with van der Waals surface area (Å²) in [5.41, 5.74) is 1.75. The van der Waals surface area contributed by atoms with Crippen molar-refractivity contribution in [2.24, 2.45) is 0 Å². The Morgan fingerprint density at radius 1 is 1.10 bits per heavy atom. The Hall–Kier alpha value is -3.62. The predicted octanol–water partition coefficient (Wildman–Crippen LogP) is 2.26. The fourth-order valence-corrected chi connectivity index (χ4v) is 3.01. The van der Waals surface area contributed by atoms with Gasteiger partial charge in [0, 0.05) is 20.0 Å². The van der Waals surface area contributed by atoms with Crippen LogP contribution in [0.4, 0.5) is 4.39 Å². The smallest absolute Gasteiger partial charge is 0.335 e. The maximum Gasteiger partial charge on any atom is 0.335 e. The van der Waals surface area contributed by atoms with E-state index in [1.807, 2.05) is 0 Å². The number of aryl methyl sites for hydroxylation is 1. The van der Waals surface area contributed by atoms with Gasteiger partial charge in [0.15, 0.2) is 0 Å². The number of carbonyl (C=O) groups is 2. The molecule has 1 atom stereocenters. The van der Waals surface area contributed by atoms with Crippen molar-refractivity contribution in [1.82, 2.24) is 25.1 Å². The summed E-state index contributed by atoms with van der Waals surface area (Å²) in [4.78, 5) is 25.7. The second-order valence-corrected chi connectivity index (χ2v) is 6.71. The summed E-state index contributed by atoms with van der Waals surface area (Å²) >= 11 is 0. The molecule has 1 unspecified atom stereocenters. The number of halogens is 1. The number of likely N-dealkylation sites (N-methyl/N-ethyl adjacent to an activating group) is 1. The van der Waals surface area contributed by atoms with Gasteiger partial charge in [0.1, 0.15) is 17.7 Å². The molecule has 0 saturated heterocycles. The summed E-state index contributed by atoms with van der Waals surface area (Å²) in [7, 11) is 1.66. The molecule has 0 aliphatic heterocycles. The van der Waals surface area contributed by atoms with E-state index in [1.54, 1.807) is 38.2 Å². The molecule has 3 rings (SSSR count). The monoisotopic (exact) mass is 397 g/mol. The normalized spacial score (nSPS) is 11.8. The fraction of sp³-hybridized carbons (Fsp3) is 0.250. The van der Waals surface area contributed by atoms with Gasteiger partial charge in [-0.15, -0.1) is 5.10 Å². The van der Waals surface area contributed by atoms with Crippen molar-refractivity contribution in [3.63, 3.8) is 0 Å². The van der Waals surface area contributed by atoms with E-state index in [4.69, 9.17) is 5.11 Å². The van der Waals surface area contributed by atoms with Gasteiger partial charge < -0.3 is 10.0 Å². The largest absolute Gasteiger partial charge is 0.478 e. The van der Waals surface area contributed by atoms with Crippen molar-refractivity contribution in [3.05, 3.63) is 76.9 Å². The van der Waals surface area contributed by atoms with Crippen molar-refractivity contribution in [2.75, 3.05) is 7.05 Å². The van der Waals surface area contributed by atoms with Crippen molar-refractivity contribution >= 4 is 11.9 Å². The first kappa shape index (κ1) is 20.1. The zero-order valence-electron chi connectivity index (χ0n) is 16.0. The van der Waals surface area contributed by atoms with Gasteiger partial charge in [-0.2, -0.15) is 0 Å². The van der Waals surface area contributed by atoms with Crippen LogP contribution in [0.1, 0.15) is 33.4 Å². The Morgan fingerprint density at radius 2 is 1.72 bits per heavy atom. The van der Waals surface area contributed by atoms with Gasteiger partial charge in [0.05, 0.1) is 5.56 Å². The Bertz CT molecular complexity index is 1000. The molecule has 0 bridgehead atoms. The summed E-state index contributed by atoms with van der Waals surface area (Å²) in [6, 6.07) is 11.6. The molecule has 1 N–H and O–H groups in total. The third-order valence-corrected chi connectivity index (χ3v) is 4.58. The summed E-state index contributed by atoms with van der Waals surface area (Å²) < 4.78 is 14.7. The summed E-state index contributed by atoms with van der Waals surface area (Å²) in [5.74, 6) is -1.08. The van der Waals surface area contributed by atoms with Gasteiger partial charge in [0.2, 0.25) is 5.91 Å². The van der Waals surface area contributed by atoms with Gasteiger partial charge >= 0.3 is 5.97 Å². The number of tetrazole rings is 1. The molecule has 0 saturated carbocycles. The van der Waals surface area contributed by atoms with E-state index in [-0.39, 0.29) is 17.3 Å². The number of hydrogen-bond donors (Lipinski definition) is 1. The molecule has 3 aromatic rings. The standard InChI is InChI=1S/C20H20FN5O3/c1-13-22-23-24-26(13)18(11-14-5-9-17(21)10-6-14)19(27)25(2)12-15-3-7-16(8-4-15)20(28)29/h3-10,18H,11-12H2,1-2H3,(H,28,29). The molecule has 29 heavy (non-hydrogen) atoms. The number of nitrogens with zero attached hydrogens (tertiary/aromatic N) is 5. The van der Waals surface area contributed by atoms with Gasteiger partial charge in [-0.3, -0.25) is 4.79 Å². The average molecular weight is 397 g/mol. The molecule has 1 heterocycles. The highest BCUT2D eigenvalue weighted by Gasteiger charge is 2.27. The Morgan fingerprint density at radius 3 is 2.28 bits per heavy atom. The number of benzene rings is 2. The van der Waals surface area contributed by atoms with Crippen molar-refractivity contribution in [1.29, 1.82) is 0 Å². The molecule has 1 aromatic heterocycles. The van der Waals surface area contributed by atoms with E-state index < -0.39 is 12.0 Å². The van der Waals surface area contributed by atoms with Crippen LogP contribution in [-0.4, -0.2) is 49.1 Å². The molecule has 0 fully saturated rings. The van der Waals surface area contributed by atoms with Crippen LogP contribution >= 0.6 is 0 Å². The molecule has 0 radical (unpaired) electrons. The number of carboxylic acids is 1. The Labute approximate surface area is 166 Å². The Kier molecular flexibility index (Phi) is 5.96. The van der Waals surface area contributed by atoms with Crippen LogP contribution in [0, 0.1) is 12.7 Å². The SMILES string of the molecule is Cc1nnnn1C(Cc1ccc(F)cc1)C(=O)N(C)Cc1ccc(C(=O)O)cc1. The number of carboxylic acid groups (broad SMARTS) is 1. The third kappa shape index (κ3) is 4.81. The van der Waals surface area contributed by atoms with Crippen LogP contribution in [0.2, 0.25) is 0 Å². The quantitative estimate of drug-likeness (QED) is 0.656. The third-order valence-electron chi connectivity index (χ3n) is 4.58. The molecule has 0 aliphatic rings. The first-order valence-corrected chi connectivity index (χ1v) is 8.91. The van der Waals surface area contributed by atoms with Crippen LogP contribution < -0.4 is 0 Å². The van der Waals surface area contributed by atoms with Crippen molar-refractivity contribution < 1.29 is 19.1 Å². The van der Waals surface area contributed by atoms with Crippen LogP contribution in [0.5, 0.6) is 0 Å². The number of amides is 1. The lowest BCUT2D eigenvalue weighted by Gasteiger charge is -2.24. The molecule has 150 valence electrons. The minimum atomic E-state index is -1.01. The maximum absolute atomic E-state index is 13.2. The van der Waals surface area contributed by atoms with Crippen LogP contribution in [0.25, 0.3) is 0 Å². The first-order chi connectivity index (χ1) is 13.8. The molecule has 9 heteroatoms. The van der Waals surface area contributed by atoms with Crippen LogP contribution in [-0.2, 0) is 17.8 Å². The maximum atomic E-state index is 13.2. The van der Waals surface area contributed by atoms with E-state index in [9.17, 15) is 14.0 Å². The molecule has 0 aliphatic carbocycles. The lowest BCUT2D eigenvalue weighted by Crippen LogP contribution is -2.36. The fourth-order valence-electron chi connectivity index (χ4n) is 3.01. The van der Waals surface area contributed by atoms with Crippen molar-refractivity contribution in [2.45, 2.75) is 25.9 Å². The predicted molar refractivity (Wildman–Crippen MR) is 102 cm³/mol. The number of aromatic carboxylic acids is 1. The van der Waals surface area contributed by atoms with Crippen LogP contribution in [0.3, 0.4) is 0 Å². The van der Waals surface area contributed by atoms with E-state index in [1.165, 1.54) is 33.8 Å². The zero-order valence-corrected chi connectivity index (χ0v) is 16.0. The van der Waals surface area contributed by atoms with Gasteiger partial charge in [-0.25, -0.2) is 13.9 Å². The van der Waals surface area contributed by atoms with Crippen molar-refractivity contribution in [3.8, 4) is 0 Å². The number of aromatic nitrogens is 4. The number of hydrogen-bond acceptors (Lipinski definition) is 5. The molecule has 1 amide bonds.